The molecule has 2 rings (SSSR count). The number of piperidine rings is 1. The van der Waals surface area contributed by atoms with Crippen LogP contribution in [0.4, 0.5) is 10.7 Å². The van der Waals surface area contributed by atoms with E-state index in [-0.39, 0.29) is 18.0 Å². The van der Waals surface area contributed by atoms with Crippen LogP contribution in [-0.2, 0) is 4.74 Å². The number of unbranched alkanes of at least 4 members (excludes halogenated alkanes) is 1. The van der Waals surface area contributed by atoms with Crippen LogP contribution in [0.1, 0.15) is 55.7 Å². The molecule has 27 heavy (non-hydrogen) atoms. The Morgan fingerprint density at radius 3 is 2.63 bits per heavy atom. The van der Waals surface area contributed by atoms with E-state index in [4.69, 9.17) is 4.74 Å². The Hall–Kier alpha value is -2.38. The lowest BCUT2D eigenvalue weighted by Gasteiger charge is -2.31. The topological polar surface area (TPSA) is 87.7 Å². The first kappa shape index (κ1) is 20.9. The van der Waals surface area contributed by atoms with Crippen molar-refractivity contribution >= 4 is 17.9 Å². The summed E-state index contributed by atoms with van der Waals surface area (Å²) in [5.74, 6) is 0.381. The van der Waals surface area contributed by atoms with Gasteiger partial charge in [0.1, 0.15) is 5.69 Å². The molecule has 0 unspecified atom stereocenters. The summed E-state index contributed by atoms with van der Waals surface area (Å²) in [5, 5.41) is 3.04. The molecule has 0 saturated carbocycles. The number of nitrogens with zero attached hydrogens (tertiary/aromatic N) is 4. The molecule has 2 amide bonds. The summed E-state index contributed by atoms with van der Waals surface area (Å²) in [6.45, 7) is 8.19. The van der Waals surface area contributed by atoms with Gasteiger partial charge in [0.05, 0.1) is 6.61 Å². The van der Waals surface area contributed by atoms with Crippen LogP contribution in [0, 0.1) is 6.92 Å². The summed E-state index contributed by atoms with van der Waals surface area (Å²) in [6, 6.07) is 1.74. The molecule has 1 saturated heterocycles. The Morgan fingerprint density at radius 1 is 1.30 bits per heavy atom. The molecule has 1 fully saturated rings. The van der Waals surface area contributed by atoms with Crippen LogP contribution >= 0.6 is 0 Å². The molecule has 1 aromatic heterocycles. The number of rotatable bonds is 7. The fraction of sp³-hybridized carbons (Fsp3) is 0.684. The molecule has 0 radical (unpaired) electrons. The molecule has 1 N–H and O–H groups in total. The number of hydrogen-bond acceptors (Lipinski definition) is 6. The van der Waals surface area contributed by atoms with Crippen molar-refractivity contribution < 1.29 is 14.3 Å². The number of aryl methyl sites for hydroxylation is 1. The van der Waals surface area contributed by atoms with E-state index in [2.05, 4.69) is 22.2 Å². The lowest BCUT2D eigenvalue weighted by Crippen LogP contribution is -2.46. The first-order valence-corrected chi connectivity index (χ1v) is 9.74. The molecule has 0 bridgehead atoms. The first-order valence-electron chi connectivity index (χ1n) is 9.74. The lowest BCUT2D eigenvalue weighted by atomic mass is 10.1. The van der Waals surface area contributed by atoms with Gasteiger partial charge in [0.15, 0.2) is 0 Å². The van der Waals surface area contributed by atoms with Crippen LogP contribution in [0.2, 0.25) is 0 Å². The van der Waals surface area contributed by atoms with Gasteiger partial charge in [-0.15, -0.1) is 0 Å². The molecule has 2 heterocycles. The van der Waals surface area contributed by atoms with Crippen molar-refractivity contribution in [2.75, 3.05) is 38.2 Å². The highest BCUT2D eigenvalue weighted by Gasteiger charge is 2.25. The summed E-state index contributed by atoms with van der Waals surface area (Å²) in [7, 11) is 1.94. The van der Waals surface area contributed by atoms with Gasteiger partial charge in [0.25, 0.3) is 5.91 Å². The number of likely N-dealkylation sites (tertiary alicyclic amines) is 1. The molecule has 0 aromatic carbocycles. The second-order valence-electron chi connectivity index (χ2n) is 6.90. The summed E-state index contributed by atoms with van der Waals surface area (Å²) in [4.78, 5) is 36.9. The zero-order valence-electron chi connectivity index (χ0n) is 16.8. The second-order valence-corrected chi connectivity index (χ2v) is 6.90. The van der Waals surface area contributed by atoms with Crippen LogP contribution in [0.25, 0.3) is 0 Å². The van der Waals surface area contributed by atoms with E-state index in [1.54, 1.807) is 17.9 Å². The number of hydrogen-bond donors (Lipinski definition) is 1. The van der Waals surface area contributed by atoms with Gasteiger partial charge in [-0.1, -0.05) is 13.3 Å². The van der Waals surface area contributed by atoms with Gasteiger partial charge in [-0.3, -0.25) is 4.79 Å². The minimum Gasteiger partial charge on any atom is -0.450 e. The number of carbonyl (C=O) groups excluding carboxylic acids is 2. The van der Waals surface area contributed by atoms with E-state index in [0.717, 1.165) is 25.1 Å². The van der Waals surface area contributed by atoms with Gasteiger partial charge in [0.2, 0.25) is 5.95 Å². The highest BCUT2D eigenvalue weighted by atomic mass is 16.6. The van der Waals surface area contributed by atoms with Crippen LogP contribution in [0.3, 0.4) is 0 Å². The molecule has 0 atom stereocenters. The average molecular weight is 377 g/mol. The van der Waals surface area contributed by atoms with E-state index >= 15 is 0 Å². The van der Waals surface area contributed by atoms with E-state index < -0.39 is 0 Å². The maximum Gasteiger partial charge on any atom is 0.409 e. The summed E-state index contributed by atoms with van der Waals surface area (Å²) in [5.41, 5.74) is 1.15. The van der Waals surface area contributed by atoms with E-state index in [0.29, 0.717) is 44.2 Å². The molecular weight excluding hydrogens is 346 g/mol. The van der Waals surface area contributed by atoms with Gasteiger partial charge >= 0.3 is 6.09 Å². The van der Waals surface area contributed by atoms with Crippen molar-refractivity contribution in [3.63, 3.8) is 0 Å². The summed E-state index contributed by atoms with van der Waals surface area (Å²) >= 11 is 0. The number of nitrogens with one attached hydrogen (secondary N) is 1. The summed E-state index contributed by atoms with van der Waals surface area (Å²) < 4.78 is 5.02. The number of anilines is 1. The van der Waals surface area contributed by atoms with Crippen molar-refractivity contribution in [1.29, 1.82) is 0 Å². The largest absolute Gasteiger partial charge is 0.450 e. The van der Waals surface area contributed by atoms with Crippen LogP contribution in [0.15, 0.2) is 6.07 Å². The van der Waals surface area contributed by atoms with Gasteiger partial charge in [-0.25, -0.2) is 14.8 Å². The Kier molecular flexibility index (Phi) is 7.82. The number of ether oxygens (including phenoxy) is 1. The molecule has 8 nitrogen and oxygen atoms in total. The monoisotopic (exact) mass is 377 g/mol. The van der Waals surface area contributed by atoms with E-state index in [1.807, 2.05) is 18.9 Å². The SMILES string of the molecule is CCCCN(C)c1nc(C)cc(C(=O)NC2CCN(C(=O)OCC)CC2)n1. The predicted molar refractivity (Wildman–Crippen MR) is 104 cm³/mol. The third kappa shape index (κ3) is 6.08. The maximum atomic E-state index is 12.6. The fourth-order valence-corrected chi connectivity index (χ4v) is 3.02. The zero-order valence-corrected chi connectivity index (χ0v) is 16.8. The molecule has 1 aliphatic rings. The van der Waals surface area contributed by atoms with Gasteiger partial charge in [0, 0.05) is 38.4 Å². The smallest absolute Gasteiger partial charge is 0.409 e. The summed E-state index contributed by atoms with van der Waals surface area (Å²) in [6.07, 6.45) is 3.27. The van der Waals surface area contributed by atoms with Crippen LogP contribution in [-0.4, -0.2) is 66.2 Å². The third-order valence-electron chi connectivity index (χ3n) is 4.62. The quantitative estimate of drug-likeness (QED) is 0.785. The highest BCUT2D eigenvalue weighted by molar-refractivity contribution is 5.92. The van der Waals surface area contributed by atoms with Crippen molar-refractivity contribution in [3.8, 4) is 0 Å². The Bertz CT molecular complexity index is 644. The highest BCUT2D eigenvalue weighted by Crippen LogP contribution is 2.14. The van der Waals surface area contributed by atoms with E-state index in [9.17, 15) is 9.59 Å². The number of carbonyl (C=O) groups is 2. The molecule has 1 aliphatic heterocycles. The molecule has 0 spiro atoms. The average Bonchev–Trinajstić information content (AvgIpc) is 2.66. The van der Waals surface area contributed by atoms with E-state index in [1.165, 1.54) is 0 Å². The Labute approximate surface area is 161 Å². The fourth-order valence-electron chi connectivity index (χ4n) is 3.02. The number of amides is 2. The molecule has 0 aliphatic carbocycles. The van der Waals surface area contributed by atoms with Gasteiger partial charge in [-0.2, -0.15) is 0 Å². The van der Waals surface area contributed by atoms with Gasteiger partial charge < -0.3 is 19.9 Å². The van der Waals surface area contributed by atoms with Crippen LogP contribution in [0.5, 0.6) is 0 Å². The zero-order chi connectivity index (χ0) is 19.8. The van der Waals surface area contributed by atoms with Crippen molar-refractivity contribution in [2.45, 2.75) is 52.5 Å². The molecule has 150 valence electrons. The normalized spacial score (nSPS) is 14.7. The Morgan fingerprint density at radius 2 is 2.00 bits per heavy atom. The predicted octanol–water partition coefficient (Wildman–Crippen LogP) is 2.37. The molecular formula is C19H31N5O3. The molecule has 8 heteroatoms. The Balaban J connectivity index is 1.94. The standard InChI is InChI=1S/C19H31N5O3/c1-5-7-10-23(4)18-20-14(3)13-16(22-18)17(25)21-15-8-11-24(12-9-15)19(26)27-6-2/h13,15H,5-12H2,1-4H3,(H,21,25). The maximum absolute atomic E-state index is 12.6. The minimum absolute atomic E-state index is 0.0275. The minimum atomic E-state index is -0.284. The van der Waals surface area contributed by atoms with Crippen molar-refractivity contribution in [1.82, 2.24) is 20.2 Å². The first-order chi connectivity index (χ1) is 12.9. The van der Waals surface area contributed by atoms with Gasteiger partial charge in [-0.05, 0) is 39.2 Å². The number of aromatic nitrogens is 2. The van der Waals surface area contributed by atoms with Crippen molar-refractivity contribution in [2.24, 2.45) is 0 Å². The third-order valence-corrected chi connectivity index (χ3v) is 4.62. The molecule has 1 aromatic rings. The second kappa shape index (κ2) is 10.1. The lowest BCUT2D eigenvalue weighted by molar-refractivity contribution is 0.0856. The van der Waals surface area contributed by atoms with Crippen molar-refractivity contribution in [3.05, 3.63) is 17.5 Å². The van der Waals surface area contributed by atoms with Crippen LogP contribution < -0.4 is 10.2 Å².